The Morgan fingerprint density at radius 2 is 2.00 bits per heavy atom. The van der Waals surface area contributed by atoms with Gasteiger partial charge in [0, 0.05) is 18.7 Å². The maximum Gasteiger partial charge on any atom is 0.254 e. The highest BCUT2D eigenvalue weighted by molar-refractivity contribution is 5.94. The molecule has 0 spiro atoms. The number of hydrogen-bond acceptors (Lipinski definition) is 3. The Morgan fingerprint density at radius 1 is 1.24 bits per heavy atom. The van der Waals surface area contributed by atoms with Gasteiger partial charge in [-0.2, -0.15) is 0 Å². The van der Waals surface area contributed by atoms with Gasteiger partial charge in [-0.1, -0.05) is 44.2 Å². The molecular formula is C21H26N2O2. The topological polar surface area (TPSA) is 66.6 Å². The van der Waals surface area contributed by atoms with E-state index in [0.29, 0.717) is 18.0 Å². The minimum Gasteiger partial charge on any atom is -0.394 e. The fraction of sp³-hybridized carbons (Fsp3) is 0.381. The first-order chi connectivity index (χ1) is 12.0. The predicted octanol–water partition coefficient (Wildman–Crippen LogP) is 3.00. The van der Waals surface area contributed by atoms with Crippen LogP contribution in [0.25, 0.3) is 0 Å². The molecule has 2 aromatic carbocycles. The van der Waals surface area contributed by atoms with Crippen molar-refractivity contribution in [3.63, 3.8) is 0 Å². The summed E-state index contributed by atoms with van der Waals surface area (Å²) in [6.07, 6.45) is 0.894. The molecule has 1 amide bonds. The minimum atomic E-state index is -0.455. The fourth-order valence-corrected chi connectivity index (χ4v) is 3.54. The molecular weight excluding hydrogens is 312 g/mol. The van der Waals surface area contributed by atoms with Crippen molar-refractivity contribution in [2.24, 2.45) is 5.73 Å². The van der Waals surface area contributed by atoms with Crippen LogP contribution in [0.5, 0.6) is 0 Å². The Bertz CT molecular complexity index is 770. The smallest absolute Gasteiger partial charge is 0.254 e. The number of aliphatic hydroxyl groups is 1. The lowest BCUT2D eigenvalue weighted by Gasteiger charge is -2.31. The number of fused-ring (bicyclic) bond motifs is 1. The molecule has 3 rings (SSSR count). The van der Waals surface area contributed by atoms with Crippen LogP contribution in [-0.2, 0) is 13.0 Å². The molecule has 0 saturated carbocycles. The van der Waals surface area contributed by atoms with Crippen LogP contribution in [0.4, 0.5) is 0 Å². The van der Waals surface area contributed by atoms with Crippen molar-refractivity contribution < 1.29 is 9.90 Å². The van der Waals surface area contributed by atoms with Crippen molar-refractivity contribution in [1.82, 2.24) is 4.90 Å². The number of nitrogens with zero attached hydrogens (tertiary/aromatic N) is 1. The first-order valence-corrected chi connectivity index (χ1v) is 8.87. The Balaban J connectivity index is 1.83. The van der Waals surface area contributed by atoms with E-state index in [2.05, 4.69) is 32.0 Å². The summed E-state index contributed by atoms with van der Waals surface area (Å²) in [4.78, 5) is 14.8. The number of benzene rings is 2. The lowest BCUT2D eigenvalue weighted by molar-refractivity contribution is 0.0734. The van der Waals surface area contributed by atoms with Crippen molar-refractivity contribution >= 4 is 5.91 Å². The van der Waals surface area contributed by atoms with Crippen LogP contribution >= 0.6 is 0 Å². The average Bonchev–Trinajstić information content (AvgIpc) is 2.65. The van der Waals surface area contributed by atoms with Crippen molar-refractivity contribution in [1.29, 1.82) is 0 Å². The van der Waals surface area contributed by atoms with Gasteiger partial charge in [0.1, 0.15) is 0 Å². The number of amides is 1. The van der Waals surface area contributed by atoms with E-state index < -0.39 is 6.04 Å². The highest BCUT2D eigenvalue weighted by atomic mass is 16.3. The third-order valence-electron chi connectivity index (χ3n) is 4.97. The maximum atomic E-state index is 12.9. The normalized spacial score (nSPS) is 15.2. The third kappa shape index (κ3) is 3.60. The molecule has 1 aliphatic heterocycles. The van der Waals surface area contributed by atoms with E-state index in [4.69, 9.17) is 5.73 Å². The van der Waals surface area contributed by atoms with Gasteiger partial charge in [0.25, 0.3) is 5.91 Å². The molecule has 4 heteroatoms. The average molecular weight is 338 g/mol. The zero-order valence-corrected chi connectivity index (χ0v) is 14.9. The molecule has 1 heterocycles. The lowest BCUT2D eigenvalue weighted by Crippen LogP contribution is -2.36. The summed E-state index contributed by atoms with van der Waals surface area (Å²) < 4.78 is 0. The summed E-state index contributed by atoms with van der Waals surface area (Å²) in [5.41, 5.74) is 11.3. The van der Waals surface area contributed by atoms with E-state index >= 15 is 0 Å². The maximum absolute atomic E-state index is 12.9. The number of rotatable bonds is 4. The Morgan fingerprint density at radius 3 is 2.72 bits per heavy atom. The molecule has 0 aromatic heterocycles. The fourth-order valence-electron chi connectivity index (χ4n) is 3.54. The van der Waals surface area contributed by atoms with Gasteiger partial charge in [0.05, 0.1) is 12.6 Å². The van der Waals surface area contributed by atoms with E-state index in [1.54, 1.807) is 6.07 Å². The van der Waals surface area contributed by atoms with Crippen molar-refractivity contribution in [3.8, 4) is 0 Å². The molecule has 2 aromatic rings. The molecule has 1 unspecified atom stereocenters. The zero-order valence-electron chi connectivity index (χ0n) is 14.9. The van der Waals surface area contributed by atoms with Gasteiger partial charge in [-0.05, 0) is 46.7 Å². The molecule has 3 N–H and O–H groups in total. The number of aliphatic hydroxyl groups excluding tert-OH is 1. The highest BCUT2D eigenvalue weighted by Crippen LogP contribution is 2.28. The molecule has 0 aliphatic carbocycles. The van der Waals surface area contributed by atoms with Crippen LogP contribution < -0.4 is 5.73 Å². The monoisotopic (exact) mass is 338 g/mol. The van der Waals surface area contributed by atoms with E-state index in [9.17, 15) is 9.90 Å². The summed E-state index contributed by atoms with van der Waals surface area (Å²) in [5, 5.41) is 9.23. The lowest BCUT2D eigenvalue weighted by atomic mass is 9.89. The van der Waals surface area contributed by atoms with Gasteiger partial charge < -0.3 is 15.7 Å². The quantitative estimate of drug-likeness (QED) is 0.900. The molecule has 25 heavy (non-hydrogen) atoms. The van der Waals surface area contributed by atoms with Crippen LogP contribution in [0.3, 0.4) is 0 Å². The second kappa shape index (κ2) is 7.38. The molecule has 1 atom stereocenters. The van der Waals surface area contributed by atoms with Gasteiger partial charge >= 0.3 is 0 Å². The molecule has 132 valence electrons. The van der Waals surface area contributed by atoms with Crippen LogP contribution in [-0.4, -0.2) is 29.1 Å². The molecule has 0 saturated heterocycles. The van der Waals surface area contributed by atoms with Crippen LogP contribution in [0, 0.1) is 0 Å². The van der Waals surface area contributed by atoms with E-state index in [-0.39, 0.29) is 12.5 Å². The van der Waals surface area contributed by atoms with Crippen molar-refractivity contribution in [3.05, 3.63) is 70.3 Å². The molecule has 4 nitrogen and oxygen atoms in total. The van der Waals surface area contributed by atoms with Gasteiger partial charge in [-0.25, -0.2) is 0 Å². The summed E-state index contributed by atoms with van der Waals surface area (Å²) >= 11 is 0. The number of carbonyl (C=O) groups excluding carboxylic acids is 1. The summed E-state index contributed by atoms with van der Waals surface area (Å²) in [7, 11) is 0. The number of carbonyl (C=O) groups is 1. The predicted molar refractivity (Wildman–Crippen MR) is 99.4 cm³/mol. The van der Waals surface area contributed by atoms with E-state index in [1.165, 1.54) is 16.7 Å². The molecule has 0 bridgehead atoms. The highest BCUT2D eigenvalue weighted by Gasteiger charge is 2.24. The van der Waals surface area contributed by atoms with Crippen LogP contribution in [0.1, 0.15) is 58.4 Å². The Hall–Kier alpha value is -2.17. The summed E-state index contributed by atoms with van der Waals surface area (Å²) in [5.74, 6) is 0.515. The van der Waals surface area contributed by atoms with Crippen LogP contribution in [0.2, 0.25) is 0 Å². The van der Waals surface area contributed by atoms with Crippen molar-refractivity contribution in [2.45, 2.75) is 38.8 Å². The third-order valence-corrected chi connectivity index (χ3v) is 4.97. The van der Waals surface area contributed by atoms with Crippen LogP contribution in [0.15, 0.2) is 42.5 Å². The second-order valence-electron chi connectivity index (χ2n) is 7.03. The first kappa shape index (κ1) is 17.6. The first-order valence-electron chi connectivity index (χ1n) is 8.87. The largest absolute Gasteiger partial charge is 0.394 e. The summed E-state index contributed by atoms with van der Waals surface area (Å²) in [6.45, 7) is 5.66. The van der Waals surface area contributed by atoms with E-state index in [0.717, 1.165) is 18.5 Å². The minimum absolute atomic E-state index is 0.0209. The Kier molecular flexibility index (Phi) is 5.21. The number of hydrogen-bond donors (Lipinski definition) is 2. The van der Waals surface area contributed by atoms with Gasteiger partial charge in [-0.3, -0.25) is 4.79 Å². The Labute approximate surface area is 149 Å². The van der Waals surface area contributed by atoms with Gasteiger partial charge in [0.2, 0.25) is 0 Å². The zero-order chi connectivity index (χ0) is 18.0. The standard InChI is InChI=1S/C21H26N2O2/c1-14(2)18-8-4-7-17-12-23(10-9-19(17)18)21(25)16-6-3-5-15(11-16)20(22)13-24/h3-8,11,14,20,24H,9-10,12-13,22H2,1-2H3. The van der Waals surface area contributed by atoms with Gasteiger partial charge in [-0.15, -0.1) is 0 Å². The summed E-state index contributed by atoms with van der Waals surface area (Å²) in [6, 6.07) is 13.2. The SMILES string of the molecule is CC(C)c1cccc2c1CCN(C(=O)c1cccc(C(N)CO)c1)C2. The molecule has 0 fully saturated rings. The molecule has 1 aliphatic rings. The van der Waals surface area contributed by atoms with Crippen molar-refractivity contribution in [2.75, 3.05) is 13.2 Å². The number of nitrogens with two attached hydrogens (primary N) is 1. The second-order valence-corrected chi connectivity index (χ2v) is 7.03. The van der Waals surface area contributed by atoms with E-state index in [1.807, 2.05) is 23.1 Å². The molecule has 0 radical (unpaired) electrons. The van der Waals surface area contributed by atoms with Gasteiger partial charge in [0.15, 0.2) is 0 Å².